The fourth-order valence-electron chi connectivity index (χ4n) is 2.14. The summed E-state index contributed by atoms with van der Waals surface area (Å²) in [4.78, 5) is 0.216. The van der Waals surface area contributed by atoms with E-state index in [9.17, 15) is 8.42 Å². The lowest BCUT2D eigenvalue weighted by Crippen LogP contribution is -2.32. The van der Waals surface area contributed by atoms with Gasteiger partial charge in [0, 0.05) is 17.4 Å². The van der Waals surface area contributed by atoms with Crippen LogP contribution in [-0.2, 0) is 10.0 Å². The first-order valence-corrected chi connectivity index (χ1v) is 9.46. The van der Waals surface area contributed by atoms with Crippen LogP contribution in [0.1, 0.15) is 24.8 Å². The topological polar surface area (TPSA) is 66.4 Å². The molecule has 1 fully saturated rings. The molecule has 1 aromatic rings. The lowest BCUT2D eigenvalue weighted by atomic mass is 10.2. The van der Waals surface area contributed by atoms with Crippen LogP contribution in [0.15, 0.2) is 29.2 Å². The second-order valence-electron chi connectivity index (χ2n) is 4.83. The quantitative estimate of drug-likeness (QED) is 0.825. The minimum atomic E-state index is -3.50. The van der Waals surface area contributed by atoms with Gasteiger partial charge in [-0.25, -0.2) is 13.1 Å². The van der Waals surface area contributed by atoms with E-state index in [1.807, 2.05) is 11.8 Å². The van der Waals surface area contributed by atoms with Gasteiger partial charge in [0.15, 0.2) is 0 Å². The zero-order chi connectivity index (χ0) is 15.1. The molecule has 114 valence electrons. The van der Waals surface area contributed by atoms with Crippen molar-refractivity contribution in [3.63, 3.8) is 0 Å². The first-order valence-electron chi connectivity index (χ1n) is 6.93. The standard InChI is InChI=1S/C15H19NO3S2/c17-9-4-6-13-5-3-8-15(11-13)21(18,19)16-12-14-7-1-2-10-20-14/h3,5,8,11,14,16-17H,1-2,7,9-10,12H2. The molecule has 1 saturated heterocycles. The second kappa shape index (κ2) is 7.85. The molecular formula is C15H19NO3S2. The van der Waals surface area contributed by atoms with Crippen molar-refractivity contribution in [1.82, 2.24) is 4.72 Å². The van der Waals surface area contributed by atoms with Gasteiger partial charge in [0.25, 0.3) is 0 Å². The third kappa shape index (κ3) is 5.04. The van der Waals surface area contributed by atoms with Crippen LogP contribution < -0.4 is 4.72 Å². The monoisotopic (exact) mass is 325 g/mol. The molecule has 1 aromatic carbocycles. The van der Waals surface area contributed by atoms with Crippen molar-refractivity contribution in [2.45, 2.75) is 29.4 Å². The Morgan fingerprint density at radius 2 is 2.24 bits per heavy atom. The van der Waals surface area contributed by atoms with Gasteiger partial charge in [-0.1, -0.05) is 24.3 Å². The van der Waals surface area contributed by atoms with Crippen LogP contribution in [0.2, 0.25) is 0 Å². The lowest BCUT2D eigenvalue weighted by Gasteiger charge is -2.21. The van der Waals surface area contributed by atoms with Gasteiger partial charge in [0.2, 0.25) is 10.0 Å². The minimum absolute atomic E-state index is 0.216. The van der Waals surface area contributed by atoms with Gasteiger partial charge in [0.05, 0.1) is 4.90 Å². The van der Waals surface area contributed by atoms with E-state index in [-0.39, 0.29) is 11.5 Å². The molecule has 0 spiro atoms. The van der Waals surface area contributed by atoms with Crippen LogP contribution in [0.5, 0.6) is 0 Å². The highest BCUT2D eigenvalue weighted by atomic mass is 32.2. The summed E-state index contributed by atoms with van der Waals surface area (Å²) < 4.78 is 27.2. The van der Waals surface area contributed by atoms with E-state index in [1.165, 1.54) is 18.9 Å². The summed E-state index contributed by atoms with van der Waals surface area (Å²) in [7, 11) is -3.50. The Morgan fingerprint density at radius 3 is 2.95 bits per heavy atom. The van der Waals surface area contributed by atoms with Crippen LogP contribution in [0, 0.1) is 11.8 Å². The van der Waals surface area contributed by atoms with Crippen molar-refractivity contribution in [2.24, 2.45) is 0 Å². The van der Waals surface area contributed by atoms with Gasteiger partial charge in [-0.15, -0.1) is 0 Å². The van der Waals surface area contributed by atoms with Crippen LogP contribution in [0.3, 0.4) is 0 Å². The van der Waals surface area contributed by atoms with Crippen molar-refractivity contribution in [2.75, 3.05) is 18.9 Å². The molecule has 0 aromatic heterocycles. The predicted octanol–water partition coefficient (Wildman–Crippen LogP) is 1.59. The average Bonchev–Trinajstić information content (AvgIpc) is 2.52. The van der Waals surface area contributed by atoms with Crippen LogP contribution in [-0.4, -0.2) is 37.7 Å². The Hall–Kier alpha value is -1.00. The predicted molar refractivity (Wildman–Crippen MR) is 85.7 cm³/mol. The molecule has 0 bridgehead atoms. The maximum absolute atomic E-state index is 12.3. The fourth-order valence-corrected chi connectivity index (χ4v) is 4.61. The van der Waals surface area contributed by atoms with Gasteiger partial charge < -0.3 is 5.11 Å². The molecule has 1 aliphatic rings. The highest BCUT2D eigenvalue weighted by molar-refractivity contribution is 8.00. The molecule has 1 atom stereocenters. The average molecular weight is 325 g/mol. The van der Waals surface area contributed by atoms with Crippen LogP contribution in [0.25, 0.3) is 0 Å². The van der Waals surface area contributed by atoms with E-state index in [2.05, 4.69) is 16.6 Å². The van der Waals surface area contributed by atoms with E-state index < -0.39 is 10.0 Å². The molecule has 0 radical (unpaired) electrons. The summed E-state index contributed by atoms with van der Waals surface area (Å²) in [6.45, 7) is 0.230. The molecule has 1 aliphatic heterocycles. The lowest BCUT2D eigenvalue weighted by molar-refractivity contribution is 0.350. The summed E-state index contributed by atoms with van der Waals surface area (Å²) in [5, 5.41) is 9.05. The van der Waals surface area contributed by atoms with E-state index in [4.69, 9.17) is 5.11 Å². The Bertz CT molecular complexity index is 626. The summed E-state index contributed by atoms with van der Waals surface area (Å²) in [5.41, 5.74) is 0.582. The first-order chi connectivity index (χ1) is 10.1. The minimum Gasteiger partial charge on any atom is -0.384 e. The van der Waals surface area contributed by atoms with Crippen LogP contribution >= 0.6 is 11.8 Å². The van der Waals surface area contributed by atoms with Gasteiger partial charge in [0.1, 0.15) is 6.61 Å². The van der Waals surface area contributed by atoms with Crippen molar-refractivity contribution in [3.05, 3.63) is 29.8 Å². The third-order valence-electron chi connectivity index (χ3n) is 3.23. The van der Waals surface area contributed by atoms with Crippen molar-refractivity contribution in [1.29, 1.82) is 0 Å². The first kappa shape index (κ1) is 16.4. The molecule has 0 saturated carbocycles. The van der Waals surface area contributed by atoms with Gasteiger partial charge in [-0.05, 0) is 36.8 Å². The number of nitrogens with one attached hydrogen (secondary N) is 1. The van der Waals surface area contributed by atoms with Gasteiger partial charge in [-0.3, -0.25) is 0 Å². The van der Waals surface area contributed by atoms with Crippen LogP contribution in [0.4, 0.5) is 0 Å². The van der Waals surface area contributed by atoms with Gasteiger partial charge in [-0.2, -0.15) is 11.8 Å². The van der Waals surface area contributed by atoms with E-state index in [0.29, 0.717) is 17.4 Å². The molecule has 1 unspecified atom stereocenters. The van der Waals surface area contributed by atoms with E-state index in [1.54, 1.807) is 18.2 Å². The SMILES string of the molecule is O=S(=O)(NCC1CCCCS1)c1cccc(C#CCO)c1. The number of aliphatic hydroxyl groups is 1. The van der Waals surface area contributed by atoms with E-state index >= 15 is 0 Å². The number of hydrogen-bond acceptors (Lipinski definition) is 4. The normalized spacial score (nSPS) is 18.8. The Morgan fingerprint density at radius 1 is 1.38 bits per heavy atom. The smallest absolute Gasteiger partial charge is 0.240 e. The molecule has 0 aliphatic carbocycles. The highest BCUT2D eigenvalue weighted by Gasteiger charge is 2.19. The van der Waals surface area contributed by atoms with E-state index in [0.717, 1.165) is 12.2 Å². The molecule has 1 heterocycles. The summed E-state index contributed by atoms with van der Waals surface area (Å²) in [6, 6.07) is 6.46. The number of benzene rings is 1. The highest BCUT2D eigenvalue weighted by Crippen LogP contribution is 2.24. The number of aliphatic hydroxyl groups excluding tert-OH is 1. The van der Waals surface area contributed by atoms with Crippen molar-refractivity contribution < 1.29 is 13.5 Å². The Labute approximate surface area is 130 Å². The molecule has 21 heavy (non-hydrogen) atoms. The Balaban J connectivity index is 2.04. The number of rotatable bonds is 4. The zero-order valence-electron chi connectivity index (χ0n) is 11.7. The summed E-state index contributed by atoms with van der Waals surface area (Å²) in [6.07, 6.45) is 3.46. The van der Waals surface area contributed by atoms with Crippen molar-refractivity contribution >= 4 is 21.8 Å². The third-order valence-corrected chi connectivity index (χ3v) is 6.05. The number of thioether (sulfide) groups is 1. The fraction of sp³-hybridized carbons (Fsp3) is 0.467. The van der Waals surface area contributed by atoms with Gasteiger partial charge >= 0.3 is 0 Å². The molecule has 2 rings (SSSR count). The molecular weight excluding hydrogens is 306 g/mol. The molecule has 6 heteroatoms. The number of sulfonamides is 1. The molecule has 4 nitrogen and oxygen atoms in total. The maximum Gasteiger partial charge on any atom is 0.240 e. The molecule has 2 N–H and O–H groups in total. The zero-order valence-corrected chi connectivity index (χ0v) is 13.3. The Kier molecular flexibility index (Phi) is 6.12. The largest absolute Gasteiger partial charge is 0.384 e. The summed E-state index contributed by atoms with van der Waals surface area (Å²) in [5.74, 6) is 6.34. The maximum atomic E-state index is 12.3. The summed E-state index contributed by atoms with van der Waals surface area (Å²) >= 11 is 1.84. The van der Waals surface area contributed by atoms with Crippen molar-refractivity contribution in [3.8, 4) is 11.8 Å². The molecule has 0 amide bonds. The number of hydrogen-bond donors (Lipinski definition) is 2. The second-order valence-corrected chi connectivity index (χ2v) is 8.00.